The molecule has 2 amide bonds. The fraction of sp³-hybridized carbons (Fsp3) is 0.250. The number of imide groups is 1. The Morgan fingerprint density at radius 2 is 1.69 bits per heavy atom. The molecule has 0 aromatic heterocycles. The van der Waals surface area contributed by atoms with Crippen molar-refractivity contribution in [2.75, 3.05) is 0 Å². The SMILES string of the molecule is N#CC(c1ccccc1)N1C(=O)CCC1=O. The number of amides is 2. The zero-order valence-corrected chi connectivity index (χ0v) is 8.59. The van der Waals surface area contributed by atoms with Crippen LogP contribution in [-0.4, -0.2) is 16.7 Å². The maximum Gasteiger partial charge on any atom is 0.231 e. The van der Waals surface area contributed by atoms with Gasteiger partial charge in [-0.05, 0) is 5.56 Å². The molecule has 4 nitrogen and oxygen atoms in total. The molecule has 0 radical (unpaired) electrons. The van der Waals surface area contributed by atoms with E-state index in [0.717, 1.165) is 4.90 Å². The Kier molecular flexibility index (Phi) is 2.69. The Hall–Kier alpha value is -2.15. The van der Waals surface area contributed by atoms with Gasteiger partial charge in [0.25, 0.3) is 0 Å². The van der Waals surface area contributed by atoms with Gasteiger partial charge in [-0.3, -0.25) is 14.5 Å². The second kappa shape index (κ2) is 4.15. The third-order valence-corrected chi connectivity index (χ3v) is 2.59. The molecule has 0 spiro atoms. The third kappa shape index (κ3) is 1.68. The molecule has 16 heavy (non-hydrogen) atoms. The molecular formula is C12H10N2O2. The number of likely N-dealkylation sites (tertiary alicyclic amines) is 1. The normalized spacial score (nSPS) is 17.3. The van der Waals surface area contributed by atoms with Crippen LogP contribution in [0.5, 0.6) is 0 Å². The van der Waals surface area contributed by atoms with E-state index in [1.54, 1.807) is 24.3 Å². The van der Waals surface area contributed by atoms with Crippen LogP contribution in [0.15, 0.2) is 30.3 Å². The molecule has 2 rings (SSSR count). The molecular weight excluding hydrogens is 204 g/mol. The maximum atomic E-state index is 11.5. The van der Waals surface area contributed by atoms with Gasteiger partial charge in [0.1, 0.15) is 0 Å². The largest absolute Gasteiger partial charge is 0.274 e. The zero-order valence-electron chi connectivity index (χ0n) is 8.59. The van der Waals surface area contributed by atoms with Gasteiger partial charge in [-0.25, -0.2) is 0 Å². The van der Waals surface area contributed by atoms with Crippen molar-refractivity contribution in [1.29, 1.82) is 5.26 Å². The molecule has 1 heterocycles. The van der Waals surface area contributed by atoms with E-state index in [1.165, 1.54) is 0 Å². The summed E-state index contributed by atoms with van der Waals surface area (Å²) in [5, 5.41) is 9.08. The van der Waals surface area contributed by atoms with Gasteiger partial charge in [0.2, 0.25) is 11.8 Å². The second-order valence-corrected chi connectivity index (χ2v) is 3.60. The first-order valence-corrected chi connectivity index (χ1v) is 5.03. The molecule has 0 N–H and O–H groups in total. The maximum absolute atomic E-state index is 11.5. The Bertz CT molecular complexity index is 446. The Morgan fingerprint density at radius 1 is 1.12 bits per heavy atom. The van der Waals surface area contributed by atoms with Crippen molar-refractivity contribution in [3.63, 3.8) is 0 Å². The van der Waals surface area contributed by atoms with Crippen LogP contribution in [0.25, 0.3) is 0 Å². The summed E-state index contributed by atoms with van der Waals surface area (Å²) in [4.78, 5) is 24.1. The summed E-state index contributed by atoms with van der Waals surface area (Å²) in [7, 11) is 0. The van der Waals surface area contributed by atoms with Gasteiger partial charge in [0, 0.05) is 12.8 Å². The van der Waals surface area contributed by atoms with Gasteiger partial charge < -0.3 is 0 Å². The molecule has 4 heteroatoms. The minimum atomic E-state index is -0.788. The Balaban J connectivity index is 2.34. The van der Waals surface area contributed by atoms with Crippen molar-refractivity contribution in [2.24, 2.45) is 0 Å². The number of nitrogens with zero attached hydrogens (tertiary/aromatic N) is 2. The average molecular weight is 214 g/mol. The fourth-order valence-electron chi connectivity index (χ4n) is 1.80. The summed E-state index contributed by atoms with van der Waals surface area (Å²) in [5.74, 6) is -0.527. The number of hydrogen-bond acceptors (Lipinski definition) is 3. The molecule has 1 aliphatic rings. The molecule has 1 aromatic rings. The van der Waals surface area contributed by atoms with E-state index in [-0.39, 0.29) is 24.7 Å². The lowest BCUT2D eigenvalue weighted by Crippen LogP contribution is -2.32. The highest BCUT2D eigenvalue weighted by atomic mass is 16.2. The fourth-order valence-corrected chi connectivity index (χ4v) is 1.80. The smallest absolute Gasteiger partial charge is 0.231 e. The Morgan fingerprint density at radius 3 is 2.19 bits per heavy atom. The summed E-state index contributed by atoms with van der Waals surface area (Å²) in [6.45, 7) is 0. The van der Waals surface area contributed by atoms with Gasteiger partial charge in [0.15, 0.2) is 6.04 Å². The molecule has 1 saturated heterocycles. The lowest BCUT2D eigenvalue weighted by atomic mass is 10.1. The van der Waals surface area contributed by atoms with E-state index in [0.29, 0.717) is 5.56 Å². The van der Waals surface area contributed by atoms with E-state index in [9.17, 15) is 9.59 Å². The second-order valence-electron chi connectivity index (χ2n) is 3.60. The van der Waals surface area contributed by atoms with Gasteiger partial charge in [0.05, 0.1) is 6.07 Å². The Labute approximate surface area is 93.1 Å². The van der Waals surface area contributed by atoms with E-state index in [1.807, 2.05) is 12.1 Å². The van der Waals surface area contributed by atoms with Crippen LogP contribution in [0, 0.1) is 11.3 Å². The van der Waals surface area contributed by atoms with Gasteiger partial charge >= 0.3 is 0 Å². The van der Waals surface area contributed by atoms with Crippen LogP contribution in [0.4, 0.5) is 0 Å². The van der Waals surface area contributed by atoms with Crippen LogP contribution < -0.4 is 0 Å². The first-order valence-electron chi connectivity index (χ1n) is 5.03. The number of nitriles is 1. The van der Waals surface area contributed by atoms with Crippen molar-refractivity contribution in [3.05, 3.63) is 35.9 Å². The van der Waals surface area contributed by atoms with Crippen LogP contribution in [0.1, 0.15) is 24.4 Å². The quantitative estimate of drug-likeness (QED) is 0.699. The minimum absolute atomic E-state index is 0.212. The number of benzene rings is 1. The summed E-state index contributed by atoms with van der Waals surface area (Å²) in [5.41, 5.74) is 0.675. The molecule has 1 unspecified atom stereocenters. The number of carbonyl (C=O) groups excluding carboxylic acids is 2. The molecule has 0 bridgehead atoms. The third-order valence-electron chi connectivity index (χ3n) is 2.59. The summed E-state index contributed by atoms with van der Waals surface area (Å²) >= 11 is 0. The van der Waals surface area contributed by atoms with Crippen LogP contribution >= 0.6 is 0 Å². The minimum Gasteiger partial charge on any atom is -0.274 e. The van der Waals surface area contributed by atoms with Crippen molar-refractivity contribution in [3.8, 4) is 6.07 Å². The molecule has 0 saturated carbocycles. The topological polar surface area (TPSA) is 61.2 Å². The molecule has 1 aliphatic heterocycles. The molecule has 1 atom stereocenters. The van der Waals surface area contributed by atoms with Crippen LogP contribution in [0.3, 0.4) is 0 Å². The number of carbonyl (C=O) groups is 2. The van der Waals surface area contributed by atoms with Gasteiger partial charge in [-0.2, -0.15) is 5.26 Å². The van der Waals surface area contributed by atoms with Crippen molar-refractivity contribution in [1.82, 2.24) is 4.90 Å². The molecule has 80 valence electrons. The highest BCUT2D eigenvalue weighted by Gasteiger charge is 2.35. The standard InChI is InChI=1S/C12H10N2O2/c13-8-10(9-4-2-1-3-5-9)14-11(15)6-7-12(14)16/h1-5,10H,6-7H2. The highest BCUT2D eigenvalue weighted by Crippen LogP contribution is 2.25. The first kappa shape index (κ1) is 10.4. The molecule has 1 fully saturated rings. The van der Waals surface area contributed by atoms with Crippen molar-refractivity contribution < 1.29 is 9.59 Å². The predicted molar refractivity (Wildman–Crippen MR) is 55.9 cm³/mol. The van der Waals surface area contributed by atoms with E-state index >= 15 is 0 Å². The van der Waals surface area contributed by atoms with E-state index in [4.69, 9.17) is 5.26 Å². The number of rotatable bonds is 2. The van der Waals surface area contributed by atoms with E-state index < -0.39 is 6.04 Å². The highest BCUT2D eigenvalue weighted by molar-refractivity contribution is 6.02. The van der Waals surface area contributed by atoms with E-state index in [2.05, 4.69) is 0 Å². The molecule has 1 aromatic carbocycles. The summed E-state index contributed by atoms with van der Waals surface area (Å²) in [6, 6.07) is 10.1. The lowest BCUT2D eigenvalue weighted by molar-refractivity contribution is -0.140. The predicted octanol–water partition coefficient (Wildman–Crippen LogP) is 1.40. The first-order chi connectivity index (χ1) is 7.74. The van der Waals surface area contributed by atoms with Crippen LogP contribution in [-0.2, 0) is 9.59 Å². The lowest BCUT2D eigenvalue weighted by Gasteiger charge is -2.20. The monoisotopic (exact) mass is 214 g/mol. The van der Waals surface area contributed by atoms with Crippen LogP contribution in [0.2, 0.25) is 0 Å². The summed E-state index contributed by atoms with van der Waals surface area (Å²) in [6.07, 6.45) is 0.424. The average Bonchev–Trinajstić information content (AvgIpc) is 2.63. The number of hydrogen-bond donors (Lipinski definition) is 0. The summed E-state index contributed by atoms with van der Waals surface area (Å²) < 4.78 is 0. The zero-order chi connectivity index (χ0) is 11.5. The van der Waals surface area contributed by atoms with Gasteiger partial charge in [-0.1, -0.05) is 30.3 Å². The van der Waals surface area contributed by atoms with Crippen molar-refractivity contribution in [2.45, 2.75) is 18.9 Å². The van der Waals surface area contributed by atoms with Gasteiger partial charge in [-0.15, -0.1) is 0 Å². The molecule has 0 aliphatic carbocycles. The van der Waals surface area contributed by atoms with Crippen molar-refractivity contribution >= 4 is 11.8 Å².